The van der Waals surface area contributed by atoms with Gasteiger partial charge in [0.25, 0.3) is 0 Å². The number of nitrogens with zero attached hydrogens (tertiary/aromatic N) is 2. The predicted octanol–water partition coefficient (Wildman–Crippen LogP) is 4.50. The maximum atomic E-state index is 11.3. The second-order valence-corrected chi connectivity index (χ2v) is 18.2. The van der Waals surface area contributed by atoms with Crippen LogP contribution in [0.4, 0.5) is 0 Å². The first kappa shape index (κ1) is 23.2. The third-order valence-electron chi connectivity index (χ3n) is 4.98. The van der Waals surface area contributed by atoms with E-state index in [-0.39, 0.29) is 5.97 Å². The summed E-state index contributed by atoms with van der Waals surface area (Å²) in [7, 11) is -0.151. The summed E-state index contributed by atoms with van der Waals surface area (Å²) in [5.41, 5.74) is 1.90. The second-order valence-electron chi connectivity index (χ2n) is 9.86. The number of ether oxygens (including phenoxy) is 3. The van der Waals surface area contributed by atoms with E-state index >= 15 is 0 Å². The molecule has 1 aromatic carbocycles. The number of hydrogen-bond acceptors (Lipinski definition) is 5. The number of esters is 1. The molecule has 0 amide bonds. The molecule has 0 N–H and O–H groups in total. The number of fused-ring (bicyclic) bond motifs is 1. The van der Waals surface area contributed by atoms with Gasteiger partial charge in [-0.1, -0.05) is 12.1 Å². The van der Waals surface area contributed by atoms with Gasteiger partial charge in [0.2, 0.25) is 0 Å². The van der Waals surface area contributed by atoms with E-state index in [0.29, 0.717) is 19.6 Å². The molecule has 0 aliphatic rings. The zero-order valence-corrected chi connectivity index (χ0v) is 20.0. The minimum atomic E-state index is -1.56. The maximum absolute atomic E-state index is 11.3. The standard InChI is InChI=1S/C24H34N2O4S/c1-28-23(27)11-8-19-6-9-20(10-7-19)30-22-12-14-25-24-21(22)13-15-26(24)18-29-16-17-31(2,3,4)5/h6-7,9-10,12-15,31H,8,11,16-18H2,1-5H3. The summed E-state index contributed by atoms with van der Waals surface area (Å²) in [4.78, 5) is 15.8. The smallest absolute Gasteiger partial charge is 0.305 e. The van der Waals surface area contributed by atoms with Crippen LogP contribution in [0.3, 0.4) is 0 Å². The van der Waals surface area contributed by atoms with Crippen molar-refractivity contribution in [1.29, 1.82) is 0 Å². The summed E-state index contributed by atoms with van der Waals surface area (Å²) in [6.45, 7) is 1.22. The Kier molecular flexibility index (Phi) is 6.96. The summed E-state index contributed by atoms with van der Waals surface area (Å²) >= 11 is 0. The number of rotatable bonds is 10. The number of pyridine rings is 1. The zero-order chi connectivity index (χ0) is 22.5. The van der Waals surface area contributed by atoms with Gasteiger partial charge in [0.05, 0.1) is 19.1 Å². The molecule has 0 atom stereocenters. The van der Waals surface area contributed by atoms with E-state index in [1.54, 1.807) is 6.20 Å². The van der Waals surface area contributed by atoms with Gasteiger partial charge in [-0.2, -0.15) is 0 Å². The average Bonchev–Trinajstić information content (AvgIpc) is 3.13. The molecule has 0 spiro atoms. The minimum absolute atomic E-state index is 0.206. The summed E-state index contributed by atoms with van der Waals surface area (Å²) in [5, 5.41) is 0.942. The van der Waals surface area contributed by atoms with E-state index < -0.39 is 9.16 Å². The molecule has 3 aromatic rings. The van der Waals surface area contributed by atoms with E-state index in [1.165, 1.54) is 7.11 Å². The lowest BCUT2D eigenvalue weighted by molar-refractivity contribution is -0.140. The highest BCUT2D eigenvalue weighted by Crippen LogP contribution is 2.54. The molecule has 0 saturated heterocycles. The number of carbonyl (C=O) groups excluding carboxylic acids is 1. The molecule has 2 heterocycles. The molecule has 3 rings (SSSR count). The molecule has 7 heteroatoms. The first-order valence-corrected chi connectivity index (χ1v) is 14.7. The molecule has 6 nitrogen and oxygen atoms in total. The first-order chi connectivity index (χ1) is 14.6. The fourth-order valence-corrected chi connectivity index (χ4v) is 3.91. The van der Waals surface area contributed by atoms with Gasteiger partial charge in [0, 0.05) is 18.8 Å². The molecule has 0 fully saturated rings. The third-order valence-corrected chi connectivity index (χ3v) is 6.95. The lowest BCUT2D eigenvalue weighted by Crippen LogP contribution is -2.19. The number of hydrogen-bond donors (Lipinski definition) is 1. The second kappa shape index (κ2) is 9.32. The van der Waals surface area contributed by atoms with Crippen molar-refractivity contribution >= 4 is 26.2 Å². The van der Waals surface area contributed by atoms with Crippen molar-refractivity contribution in [3.05, 3.63) is 54.4 Å². The molecular formula is C24H34N2O4S. The van der Waals surface area contributed by atoms with E-state index in [2.05, 4.69) is 34.7 Å². The van der Waals surface area contributed by atoms with Crippen LogP contribution in [0.2, 0.25) is 0 Å². The van der Waals surface area contributed by atoms with Crippen LogP contribution in [-0.2, 0) is 27.4 Å². The summed E-state index contributed by atoms with van der Waals surface area (Å²) < 4.78 is 18.7. The lowest BCUT2D eigenvalue weighted by Gasteiger charge is -2.46. The van der Waals surface area contributed by atoms with E-state index in [4.69, 9.17) is 9.47 Å². The Labute approximate surface area is 184 Å². The number of thiol groups is 1. The van der Waals surface area contributed by atoms with Gasteiger partial charge in [-0.05, 0) is 67.0 Å². The highest BCUT2D eigenvalue weighted by atomic mass is 32.3. The molecule has 0 saturated carbocycles. The van der Waals surface area contributed by atoms with Crippen LogP contribution in [0.5, 0.6) is 11.5 Å². The number of methoxy groups -OCH3 is 1. The van der Waals surface area contributed by atoms with Crippen molar-refractivity contribution in [2.75, 3.05) is 44.5 Å². The molecular weight excluding hydrogens is 412 g/mol. The minimum Gasteiger partial charge on any atom is -0.469 e. The van der Waals surface area contributed by atoms with Gasteiger partial charge in [-0.15, -0.1) is 0 Å². The molecule has 0 unspecified atom stereocenters. The van der Waals surface area contributed by atoms with Gasteiger partial charge in [0.1, 0.15) is 23.9 Å². The van der Waals surface area contributed by atoms with E-state index in [1.807, 2.05) is 47.2 Å². The fourth-order valence-electron chi connectivity index (χ4n) is 3.05. The molecule has 2 aromatic heterocycles. The number of aromatic nitrogens is 2. The quantitative estimate of drug-likeness (QED) is 0.282. The van der Waals surface area contributed by atoms with Crippen LogP contribution in [0.25, 0.3) is 11.0 Å². The van der Waals surface area contributed by atoms with Crippen molar-refractivity contribution in [2.45, 2.75) is 19.6 Å². The predicted molar refractivity (Wildman–Crippen MR) is 130 cm³/mol. The SMILES string of the molecule is COC(=O)CCc1ccc(Oc2ccnc3c2ccn3COCC[SH](C)(C)(C)C)cc1. The van der Waals surface area contributed by atoms with Crippen molar-refractivity contribution in [3.63, 3.8) is 0 Å². The Morgan fingerprint density at radius 3 is 2.48 bits per heavy atom. The molecule has 31 heavy (non-hydrogen) atoms. The van der Waals surface area contributed by atoms with Gasteiger partial charge >= 0.3 is 5.97 Å². The molecule has 0 bridgehead atoms. The van der Waals surface area contributed by atoms with Crippen molar-refractivity contribution in [2.24, 2.45) is 0 Å². The third kappa shape index (κ3) is 7.01. The van der Waals surface area contributed by atoms with Gasteiger partial charge in [-0.3, -0.25) is 14.0 Å². The summed E-state index contributed by atoms with van der Waals surface area (Å²) in [6.07, 6.45) is 14.2. The van der Waals surface area contributed by atoms with Gasteiger partial charge in [-0.25, -0.2) is 4.98 Å². The van der Waals surface area contributed by atoms with Crippen LogP contribution >= 0.6 is 9.16 Å². The average molecular weight is 447 g/mol. The van der Waals surface area contributed by atoms with Crippen molar-refractivity contribution in [3.8, 4) is 11.5 Å². The Hall–Kier alpha value is -2.51. The lowest BCUT2D eigenvalue weighted by atomic mass is 10.1. The normalized spacial score (nSPS) is 13.0. The zero-order valence-electron chi connectivity index (χ0n) is 19.1. The highest BCUT2D eigenvalue weighted by molar-refractivity contribution is 8.47. The van der Waals surface area contributed by atoms with Crippen molar-refractivity contribution in [1.82, 2.24) is 9.55 Å². The fraction of sp³-hybridized carbons (Fsp3) is 0.417. The first-order valence-electron chi connectivity index (χ1n) is 10.5. The van der Waals surface area contributed by atoms with Gasteiger partial charge in [0.15, 0.2) is 0 Å². The van der Waals surface area contributed by atoms with Crippen LogP contribution in [-0.4, -0.2) is 60.0 Å². The Morgan fingerprint density at radius 1 is 1.06 bits per heavy atom. The maximum Gasteiger partial charge on any atom is 0.305 e. The molecule has 170 valence electrons. The summed E-state index contributed by atoms with van der Waals surface area (Å²) in [5.74, 6) is 2.38. The van der Waals surface area contributed by atoms with Crippen LogP contribution in [0.15, 0.2) is 48.8 Å². The van der Waals surface area contributed by atoms with Gasteiger partial charge < -0.3 is 18.8 Å². The Morgan fingerprint density at radius 2 is 1.81 bits per heavy atom. The number of carbonyl (C=O) groups is 1. The topological polar surface area (TPSA) is 62.6 Å². The van der Waals surface area contributed by atoms with Crippen molar-refractivity contribution < 1.29 is 19.0 Å². The molecule has 0 radical (unpaired) electrons. The van der Waals surface area contributed by atoms with Crippen LogP contribution in [0, 0.1) is 0 Å². The number of benzene rings is 1. The monoisotopic (exact) mass is 446 g/mol. The van der Waals surface area contributed by atoms with E-state index in [9.17, 15) is 4.79 Å². The largest absolute Gasteiger partial charge is 0.469 e. The number of aryl methyl sites for hydroxylation is 1. The van der Waals surface area contributed by atoms with E-state index in [0.717, 1.165) is 40.5 Å². The molecule has 0 aliphatic carbocycles. The Balaban J connectivity index is 1.64. The Bertz CT molecular complexity index is 1030. The molecule has 0 aliphatic heterocycles. The van der Waals surface area contributed by atoms with Crippen LogP contribution in [0.1, 0.15) is 12.0 Å². The van der Waals surface area contributed by atoms with Crippen LogP contribution < -0.4 is 4.74 Å². The highest BCUT2D eigenvalue weighted by Gasteiger charge is 2.18. The summed E-state index contributed by atoms with van der Waals surface area (Å²) in [6, 6.07) is 11.6.